The molecule has 19 heavy (non-hydrogen) atoms. The summed E-state index contributed by atoms with van der Waals surface area (Å²) in [5.74, 6) is 0. The van der Waals surface area contributed by atoms with Crippen LogP contribution < -0.4 is 11.2 Å². The van der Waals surface area contributed by atoms with E-state index in [4.69, 9.17) is 5.73 Å². The van der Waals surface area contributed by atoms with Gasteiger partial charge < -0.3 is 5.73 Å². The fourth-order valence-corrected chi connectivity index (χ4v) is 2.68. The van der Waals surface area contributed by atoms with Crippen LogP contribution in [0.15, 0.2) is 41.5 Å². The van der Waals surface area contributed by atoms with Crippen LogP contribution in [-0.2, 0) is 6.42 Å². The summed E-state index contributed by atoms with van der Waals surface area (Å²) in [6.45, 7) is 0. The number of rotatable bonds is 1. The summed E-state index contributed by atoms with van der Waals surface area (Å²) in [7, 11) is 0. The quantitative estimate of drug-likeness (QED) is 0.753. The average Bonchev–Trinajstić information content (AvgIpc) is 2.44. The van der Waals surface area contributed by atoms with Gasteiger partial charge in [-0.2, -0.15) is 5.10 Å². The van der Waals surface area contributed by atoms with E-state index in [9.17, 15) is 4.79 Å². The maximum absolute atomic E-state index is 10.8. The van der Waals surface area contributed by atoms with Crippen molar-refractivity contribution in [1.82, 2.24) is 5.43 Å². The van der Waals surface area contributed by atoms with Crippen molar-refractivity contribution in [3.05, 3.63) is 47.5 Å². The SMILES string of the molecule is NC(=O)NN=C1CCCc2c1ccc1ccccc21. The van der Waals surface area contributed by atoms with Crippen LogP contribution in [0.1, 0.15) is 24.0 Å². The molecule has 0 heterocycles. The second kappa shape index (κ2) is 4.72. The van der Waals surface area contributed by atoms with Gasteiger partial charge in [0.05, 0.1) is 5.71 Å². The van der Waals surface area contributed by atoms with Gasteiger partial charge in [-0.05, 0) is 35.6 Å². The number of primary amides is 1. The third kappa shape index (κ3) is 2.17. The molecule has 4 heteroatoms. The Bertz CT molecular complexity index is 676. The predicted molar refractivity (Wildman–Crippen MR) is 76.1 cm³/mol. The van der Waals surface area contributed by atoms with Crippen molar-refractivity contribution in [2.24, 2.45) is 10.8 Å². The minimum Gasteiger partial charge on any atom is -0.350 e. The Hall–Kier alpha value is -2.36. The molecule has 2 aromatic rings. The third-order valence-electron chi connectivity index (χ3n) is 3.49. The first-order valence-electron chi connectivity index (χ1n) is 6.39. The van der Waals surface area contributed by atoms with Crippen LogP contribution in [0, 0.1) is 0 Å². The second-order valence-corrected chi connectivity index (χ2v) is 4.70. The van der Waals surface area contributed by atoms with Gasteiger partial charge in [0.2, 0.25) is 0 Å². The fraction of sp³-hybridized carbons (Fsp3) is 0.200. The fourth-order valence-electron chi connectivity index (χ4n) is 2.68. The van der Waals surface area contributed by atoms with E-state index >= 15 is 0 Å². The molecule has 0 saturated carbocycles. The second-order valence-electron chi connectivity index (χ2n) is 4.70. The van der Waals surface area contributed by atoms with Gasteiger partial charge in [-0.1, -0.05) is 36.4 Å². The number of aryl methyl sites for hydroxylation is 1. The maximum atomic E-state index is 10.8. The van der Waals surface area contributed by atoms with Gasteiger partial charge in [0, 0.05) is 5.56 Å². The van der Waals surface area contributed by atoms with E-state index in [1.807, 2.05) is 6.07 Å². The highest BCUT2D eigenvalue weighted by Crippen LogP contribution is 2.29. The van der Waals surface area contributed by atoms with Gasteiger partial charge >= 0.3 is 6.03 Å². The smallest absolute Gasteiger partial charge is 0.332 e. The first-order valence-corrected chi connectivity index (χ1v) is 6.39. The number of fused-ring (bicyclic) bond motifs is 3. The summed E-state index contributed by atoms with van der Waals surface area (Å²) < 4.78 is 0. The minimum atomic E-state index is -0.625. The monoisotopic (exact) mass is 253 g/mol. The molecule has 0 aromatic heterocycles. The van der Waals surface area contributed by atoms with E-state index < -0.39 is 6.03 Å². The molecule has 3 N–H and O–H groups in total. The van der Waals surface area contributed by atoms with Crippen LogP contribution in [0.4, 0.5) is 4.79 Å². The third-order valence-corrected chi connectivity index (χ3v) is 3.49. The van der Waals surface area contributed by atoms with Gasteiger partial charge in [0.1, 0.15) is 0 Å². The standard InChI is InChI=1S/C15H15N3O/c16-15(19)18-17-14-7-3-6-12-11-5-2-1-4-10(11)8-9-13(12)14/h1-2,4-5,8-9H,3,6-7H2,(H3,16,18,19). The molecule has 0 radical (unpaired) electrons. The molecule has 2 aromatic carbocycles. The van der Waals surface area contributed by atoms with Crippen LogP contribution >= 0.6 is 0 Å². The molecule has 4 nitrogen and oxygen atoms in total. The Morgan fingerprint density at radius 3 is 2.84 bits per heavy atom. The van der Waals surface area contributed by atoms with Gasteiger partial charge in [0.15, 0.2) is 0 Å². The molecule has 1 aliphatic carbocycles. The molecule has 0 saturated heterocycles. The number of hydrazone groups is 1. The highest BCUT2D eigenvalue weighted by molar-refractivity contribution is 6.07. The summed E-state index contributed by atoms with van der Waals surface area (Å²) in [5, 5.41) is 6.63. The minimum absolute atomic E-state index is 0.625. The number of benzene rings is 2. The van der Waals surface area contributed by atoms with Gasteiger partial charge in [0.25, 0.3) is 0 Å². The van der Waals surface area contributed by atoms with Crippen molar-refractivity contribution >= 4 is 22.5 Å². The van der Waals surface area contributed by atoms with E-state index in [1.165, 1.54) is 16.3 Å². The zero-order chi connectivity index (χ0) is 13.2. The lowest BCUT2D eigenvalue weighted by Gasteiger charge is -2.19. The van der Waals surface area contributed by atoms with Crippen LogP contribution in [0.3, 0.4) is 0 Å². The first kappa shape index (κ1) is 11.7. The number of carbonyl (C=O) groups is 1. The van der Waals surface area contributed by atoms with Crippen molar-refractivity contribution in [2.75, 3.05) is 0 Å². The predicted octanol–water partition coefficient (Wildman–Crippen LogP) is 2.55. The number of nitrogens with one attached hydrogen (secondary N) is 1. The molecule has 0 bridgehead atoms. The number of hydrogen-bond donors (Lipinski definition) is 2. The molecular formula is C15H15N3O. The maximum Gasteiger partial charge on any atom is 0.332 e. The van der Waals surface area contributed by atoms with Gasteiger partial charge in [-0.15, -0.1) is 0 Å². The Balaban J connectivity index is 2.13. The molecule has 0 aliphatic heterocycles. The van der Waals surface area contributed by atoms with Crippen LogP contribution in [-0.4, -0.2) is 11.7 Å². The van der Waals surface area contributed by atoms with Crippen molar-refractivity contribution in [1.29, 1.82) is 0 Å². The first-order chi connectivity index (χ1) is 9.25. The van der Waals surface area contributed by atoms with E-state index in [0.29, 0.717) is 0 Å². The molecule has 3 rings (SSSR count). The van der Waals surface area contributed by atoms with Crippen molar-refractivity contribution in [3.8, 4) is 0 Å². The topological polar surface area (TPSA) is 67.5 Å². The highest BCUT2D eigenvalue weighted by Gasteiger charge is 2.17. The summed E-state index contributed by atoms with van der Waals surface area (Å²) in [4.78, 5) is 10.8. The van der Waals surface area contributed by atoms with Gasteiger partial charge in [-0.3, -0.25) is 0 Å². The zero-order valence-corrected chi connectivity index (χ0v) is 10.5. The molecule has 0 fully saturated rings. The summed E-state index contributed by atoms with van der Waals surface area (Å²) in [5.41, 5.74) is 10.7. The Morgan fingerprint density at radius 2 is 2.00 bits per heavy atom. The number of nitrogens with two attached hydrogens (primary N) is 1. The lowest BCUT2D eigenvalue weighted by atomic mass is 9.86. The van der Waals surface area contributed by atoms with E-state index in [-0.39, 0.29) is 0 Å². The van der Waals surface area contributed by atoms with Crippen molar-refractivity contribution in [2.45, 2.75) is 19.3 Å². The number of nitrogens with zero attached hydrogens (tertiary/aromatic N) is 1. The Kier molecular flexibility index (Phi) is 2.91. The molecule has 0 unspecified atom stereocenters. The van der Waals surface area contributed by atoms with Crippen LogP contribution in [0.25, 0.3) is 10.8 Å². The number of urea groups is 1. The number of amides is 2. The molecule has 0 spiro atoms. The normalized spacial score (nSPS) is 16.3. The average molecular weight is 253 g/mol. The number of hydrogen-bond acceptors (Lipinski definition) is 2. The largest absolute Gasteiger partial charge is 0.350 e. The summed E-state index contributed by atoms with van der Waals surface area (Å²) in [6, 6.07) is 11.9. The molecule has 2 amide bonds. The molecule has 0 atom stereocenters. The van der Waals surface area contributed by atoms with E-state index in [0.717, 1.165) is 30.5 Å². The molecule has 96 valence electrons. The summed E-state index contributed by atoms with van der Waals surface area (Å²) >= 11 is 0. The summed E-state index contributed by atoms with van der Waals surface area (Å²) in [6.07, 6.45) is 2.96. The lowest BCUT2D eigenvalue weighted by molar-refractivity contribution is 0.249. The van der Waals surface area contributed by atoms with Crippen molar-refractivity contribution < 1.29 is 4.79 Å². The van der Waals surface area contributed by atoms with Crippen LogP contribution in [0.5, 0.6) is 0 Å². The number of carbonyl (C=O) groups excluding carboxylic acids is 1. The van der Waals surface area contributed by atoms with E-state index in [2.05, 4.69) is 40.9 Å². The van der Waals surface area contributed by atoms with Crippen molar-refractivity contribution in [3.63, 3.8) is 0 Å². The Morgan fingerprint density at radius 1 is 1.16 bits per heavy atom. The Labute approximate surface area is 111 Å². The van der Waals surface area contributed by atoms with Gasteiger partial charge in [-0.25, -0.2) is 10.2 Å². The van der Waals surface area contributed by atoms with Crippen LogP contribution in [0.2, 0.25) is 0 Å². The zero-order valence-electron chi connectivity index (χ0n) is 10.5. The lowest BCUT2D eigenvalue weighted by Crippen LogP contribution is -2.27. The molecule has 1 aliphatic rings. The molecular weight excluding hydrogens is 238 g/mol. The van der Waals surface area contributed by atoms with E-state index in [1.54, 1.807) is 0 Å². The highest BCUT2D eigenvalue weighted by atomic mass is 16.2.